The van der Waals surface area contributed by atoms with Crippen LogP contribution in [-0.2, 0) is 4.79 Å². The maximum Gasteiger partial charge on any atom is 0.232 e. The predicted octanol–water partition coefficient (Wildman–Crippen LogP) is 2.70. The second-order valence-corrected chi connectivity index (χ2v) is 4.93. The van der Waals surface area contributed by atoms with Gasteiger partial charge in [0.25, 0.3) is 0 Å². The Labute approximate surface area is 102 Å². The fraction of sp³-hybridized carbons (Fsp3) is 0.500. The summed E-state index contributed by atoms with van der Waals surface area (Å²) in [6.45, 7) is 6.32. The minimum Gasteiger partial charge on any atom is -0.497 e. The third-order valence-electron chi connectivity index (χ3n) is 3.47. The summed E-state index contributed by atoms with van der Waals surface area (Å²) in [7, 11) is 1.64. The third kappa shape index (κ3) is 1.90. The molecule has 1 aliphatic rings. The first-order chi connectivity index (χ1) is 8.06. The smallest absolute Gasteiger partial charge is 0.232 e. The summed E-state index contributed by atoms with van der Waals surface area (Å²) in [6, 6.07) is 7.98. The molecule has 1 amide bonds. The summed E-state index contributed by atoms with van der Waals surface area (Å²) in [4.78, 5) is 13.8. The molecule has 3 nitrogen and oxygen atoms in total. The van der Waals surface area contributed by atoms with Gasteiger partial charge in [0.2, 0.25) is 5.91 Å². The largest absolute Gasteiger partial charge is 0.497 e. The average molecular weight is 233 g/mol. The van der Waals surface area contributed by atoms with E-state index in [9.17, 15) is 4.79 Å². The van der Waals surface area contributed by atoms with Crippen LogP contribution in [0.15, 0.2) is 24.3 Å². The van der Waals surface area contributed by atoms with Crippen LogP contribution in [0.4, 0.5) is 5.69 Å². The van der Waals surface area contributed by atoms with Crippen LogP contribution in [0.3, 0.4) is 0 Å². The Morgan fingerprint density at radius 2 is 1.82 bits per heavy atom. The van der Waals surface area contributed by atoms with Crippen LogP contribution in [-0.4, -0.2) is 19.1 Å². The van der Waals surface area contributed by atoms with Gasteiger partial charge >= 0.3 is 0 Å². The van der Waals surface area contributed by atoms with E-state index in [2.05, 4.69) is 13.8 Å². The van der Waals surface area contributed by atoms with Crippen LogP contribution in [0.2, 0.25) is 0 Å². The van der Waals surface area contributed by atoms with E-state index in [0.29, 0.717) is 12.0 Å². The lowest BCUT2D eigenvalue weighted by Crippen LogP contribution is -2.62. The minimum atomic E-state index is 0.136. The lowest BCUT2D eigenvalue weighted by Gasteiger charge is -2.48. The summed E-state index contributed by atoms with van der Waals surface area (Å²) in [5.74, 6) is 1.65. The molecule has 0 saturated carbocycles. The number of nitrogens with zero attached hydrogens (tertiary/aromatic N) is 1. The SMILES string of the molecule is COc1ccc(N2C(=O)[C@H](C)[C@@H]2C(C)C)cc1. The number of rotatable bonds is 3. The lowest BCUT2D eigenvalue weighted by atomic mass is 9.81. The first-order valence-electron chi connectivity index (χ1n) is 6.03. The minimum absolute atomic E-state index is 0.136. The van der Waals surface area contributed by atoms with E-state index in [1.165, 1.54) is 0 Å². The lowest BCUT2D eigenvalue weighted by molar-refractivity contribution is -0.130. The number of benzene rings is 1. The van der Waals surface area contributed by atoms with Crippen molar-refractivity contribution in [2.24, 2.45) is 11.8 Å². The van der Waals surface area contributed by atoms with E-state index < -0.39 is 0 Å². The first kappa shape index (κ1) is 12.0. The highest BCUT2D eigenvalue weighted by molar-refractivity contribution is 6.02. The Kier molecular flexibility index (Phi) is 3.09. The maximum atomic E-state index is 11.9. The summed E-state index contributed by atoms with van der Waals surface area (Å²) in [5, 5.41) is 0. The molecule has 1 saturated heterocycles. The molecule has 2 rings (SSSR count). The normalized spacial score (nSPS) is 23.8. The van der Waals surface area contributed by atoms with Crippen LogP contribution < -0.4 is 9.64 Å². The van der Waals surface area contributed by atoms with Gasteiger partial charge in [0, 0.05) is 5.69 Å². The molecule has 0 spiro atoms. The molecule has 0 aliphatic carbocycles. The number of carbonyl (C=O) groups is 1. The predicted molar refractivity (Wildman–Crippen MR) is 68.3 cm³/mol. The Morgan fingerprint density at radius 3 is 2.29 bits per heavy atom. The highest BCUT2D eigenvalue weighted by Gasteiger charge is 2.46. The summed E-state index contributed by atoms with van der Waals surface area (Å²) < 4.78 is 5.12. The number of hydrogen-bond donors (Lipinski definition) is 0. The zero-order chi connectivity index (χ0) is 12.6. The molecular formula is C14H19NO2. The number of anilines is 1. The Bertz CT molecular complexity index is 411. The van der Waals surface area contributed by atoms with Crippen molar-refractivity contribution < 1.29 is 9.53 Å². The average Bonchev–Trinajstić information content (AvgIpc) is 2.34. The molecule has 0 radical (unpaired) electrons. The number of hydrogen-bond acceptors (Lipinski definition) is 2. The van der Waals surface area contributed by atoms with Crippen LogP contribution in [0.1, 0.15) is 20.8 Å². The quantitative estimate of drug-likeness (QED) is 0.751. The number of amides is 1. The van der Waals surface area contributed by atoms with Gasteiger partial charge in [-0.1, -0.05) is 20.8 Å². The van der Waals surface area contributed by atoms with Crippen molar-refractivity contribution >= 4 is 11.6 Å². The van der Waals surface area contributed by atoms with Crippen LogP contribution in [0.25, 0.3) is 0 Å². The zero-order valence-electron chi connectivity index (χ0n) is 10.8. The van der Waals surface area contributed by atoms with E-state index in [1.54, 1.807) is 7.11 Å². The maximum absolute atomic E-state index is 11.9. The van der Waals surface area contributed by atoms with Crippen LogP contribution >= 0.6 is 0 Å². The molecule has 1 aromatic rings. The molecule has 92 valence electrons. The van der Waals surface area contributed by atoms with Gasteiger partial charge in [0.15, 0.2) is 0 Å². The van der Waals surface area contributed by atoms with Crippen molar-refractivity contribution in [1.29, 1.82) is 0 Å². The number of β-lactam (4-membered cyclic amide) rings is 1. The van der Waals surface area contributed by atoms with Gasteiger partial charge in [-0.3, -0.25) is 4.79 Å². The van der Waals surface area contributed by atoms with E-state index in [1.807, 2.05) is 36.1 Å². The molecule has 1 aliphatic heterocycles. The molecule has 1 aromatic carbocycles. The number of ether oxygens (including phenoxy) is 1. The molecule has 0 aromatic heterocycles. The number of methoxy groups -OCH3 is 1. The summed E-state index contributed by atoms with van der Waals surface area (Å²) in [6.07, 6.45) is 0. The highest BCUT2D eigenvalue weighted by Crippen LogP contribution is 2.36. The number of carbonyl (C=O) groups excluding carboxylic acids is 1. The van der Waals surface area contributed by atoms with Crippen LogP contribution in [0, 0.1) is 11.8 Å². The van der Waals surface area contributed by atoms with Crippen molar-refractivity contribution in [1.82, 2.24) is 0 Å². The first-order valence-corrected chi connectivity index (χ1v) is 6.03. The topological polar surface area (TPSA) is 29.5 Å². The Morgan fingerprint density at radius 1 is 1.24 bits per heavy atom. The fourth-order valence-electron chi connectivity index (χ4n) is 2.57. The second kappa shape index (κ2) is 4.40. The molecule has 1 heterocycles. The van der Waals surface area contributed by atoms with Gasteiger partial charge in [0.1, 0.15) is 5.75 Å². The van der Waals surface area contributed by atoms with Gasteiger partial charge in [-0.2, -0.15) is 0 Å². The van der Waals surface area contributed by atoms with Crippen molar-refractivity contribution in [3.8, 4) is 5.75 Å². The fourth-order valence-corrected chi connectivity index (χ4v) is 2.57. The molecule has 0 unspecified atom stereocenters. The summed E-state index contributed by atoms with van der Waals surface area (Å²) >= 11 is 0. The van der Waals surface area contributed by atoms with Gasteiger partial charge in [0.05, 0.1) is 19.1 Å². The summed E-state index contributed by atoms with van der Waals surface area (Å²) in [5.41, 5.74) is 0.965. The van der Waals surface area contributed by atoms with E-state index in [-0.39, 0.29) is 11.8 Å². The van der Waals surface area contributed by atoms with Crippen molar-refractivity contribution in [3.63, 3.8) is 0 Å². The molecule has 2 atom stereocenters. The molecule has 17 heavy (non-hydrogen) atoms. The van der Waals surface area contributed by atoms with Crippen molar-refractivity contribution in [2.45, 2.75) is 26.8 Å². The molecule has 0 N–H and O–H groups in total. The van der Waals surface area contributed by atoms with Crippen LogP contribution in [0.5, 0.6) is 5.75 Å². The van der Waals surface area contributed by atoms with Crippen molar-refractivity contribution in [2.75, 3.05) is 12.0 Å². The van der Waals surface area contributed by atoms with Gasteiger partial charge in [-0.05, 0) is 30.2 Å². The van der Waals surface area contributed by atoms with Gasteiger partial charge < -0.3 is 9.64 Å². The molecular weight excluding hydrogens is 214 g/mol. The highest BCUT2D eigenvalue weighted by atomic mass is 16.5. The standard InChI is InChI=1S/C14H19NO2/c1-9(2)13-10(3)14(16)15(13)11-5-7-12(17-4)8-6-11/h5-10,13H,1-4H3/t10-,13+/m1/s1. The molecule has 3 heteroatoms. The molecule has 0 bridgehead atoms. The Balaban J connectivity index is 2.23. The van der Waals surface area contributed by atoms with Gasteiger partial charge in [-0.15, -0.1) is 0 Å². The zero-order valence-corrected chi connectivity index (χ0v) is 10.8. The second-order valence-electron chi connectivity index (χ2n) is 4.93. The van der Waals surface area contributed by atoms with E-state index in [4.69, 9.17) is 4.74 Å². The van der Waals surface area contributed by atoms with Crippen molar-refractivity contribution in [3.05, 3.63) is 24.3 Å². The monoisotopic (exact) mass is 233 g/mol. The van der Waals surface area contributed by atoms with E-state index >= 15 is 0 Å². The van der Waals surface area contributed by atoms with E-state index in [0.717, 1.165) is 11.4 Å². The molecule has 1 fully saturated rings. The van der Waals surface area contributed by atoms with Gasteiger partial charge in [-0.25, -0.2) is 0 Å². The third-order valence-corrected chi connectivity index (χ3v) is 3.47. The Hall–Kier alpha value is -1.51.